The summed E-state index contributed by atoms with van der Waals surface area (Å²) in [5, 5.41) is 8.11. The van der Waals surface area contributed by atoms with Gasteiger partial charge in [-0.3, -0.25) is 4.68 Å². The van der Waals surface area contributed by atoms with E-state index in [2.05, 4.69) is 54.7 Å². The van der Waals surface area contributed by atoms with Gasteiger partial charge >= 0.3 is 0 Å². The molecule has 0 aliphatic carbocycles. The van der Waals surface area contributed by atoms with Gasteiger partial charge in [-0.05, 0) is 30.4 Å². The van der Waals surface area contributed by atoms with Gasteiger partial charge in [-0.1, -0.05) is 32.0 Å². The van der Waals surface area contributed by atoms with Crippen molar-refractivity contribution in [3.8, 4) is 0 Å². The SMILES string of the molecule is CCCn1cc(C2Nc3ccccc3CC2C)cn1. The fourth-order valence-electron chi connectivity index (χ4n) is 2.92. The van der Waals surface area contributed by atoms with Crippen molar-refractivity contribution in [3.63, 3.8) is 0 Å². The molecular formula is C16H21N3. The Bertz CT molecular complexity index is 559. The number of hydrogen-bond acceptors (Lipinski definition) is 2. The van der Waals surface area contributed by atoms with Crippen LogP contribution in [0.25, 0.3) is 0 Å². The zero-order valence-corrected chi connectivity index (χ0v) is 11.6. The van der Waals surface area contributed by atoms with E-state index in [9.17, 15) is 0 Å². The number of para-hydroxylation sites is 1. The second kappa shape index (κ2) is 5.08. The maximum atomic E-state index is 4.45. The van der Waals surface area contributed by atoms with Crippen molar-refractivity contribution in [1.29, 1.82) is 0 Å². The summed E-state index contributed by atoms with van der Waals surface area (Å²) in [4.78, 5) is 0. The first-order valence-electron chi connectivity index (χ1n) is 7.14. The van der Waals surface area contributed by atoms with E-state index in [1.54, 1.807) is 0 Å². The van der Waals surface area contributed by atoms with Crippen molar-refractivity contribution < 1.29 is 0 Å². The van der Waals surface area contributed by atoms with Crippen LogP contribution in [0, 0.1) is 5.92 Å². The number of aryl methyl sites for hydroxylation is 1. The van der Waals surface area contributed by atoms with E-state index < -0.39 is 0 Å². The lowest BCUT2D eigenvalue weighted by Gasteiger charge is -2.32. The summed E-state index contributed by atoms with van der Waals surface area (Å²) < 4.78 is 2.05. The Kier molecular flexibility index (Phi) is 3.28. The smallest absolute Gasteiger partial charge is 0.0573 e. The van der Waals surface area contributed by atoms with Crippen LogP contribution in [-0.4, -0.2) is 9.78 Å². The van der Waals surface area contributed by atoms with E-state index in [1.807, 2.05) is 10.9 Å². The molecule has 0 radical (unpaired) electrons. The van der Waals surface area contributed by atoms with E-state index in [1.165, 1.54) is 16.8 Å². The number of fused-ring (bicyclic) bond motifs is 1. The predicted molar refractivity (Wildman–Crippen MR) is 78.2 cm³/mol. The van der Waals surface area contributed by atoms with Gasteiger partial charge in [0, 0.05) is 24.0 Å². The second-order valence-electron chi connectivity index (χ2n) is 5.50. The Balaban J connectivity index is 1.85. The Hall–Kier alpha value is -1.77. The van der Waals surface area contributed by atoms with Crippen LogP contribution in [0.2, 0.25) is 0 Å². The quantitative estimate of drug-likeness (QED) is 0.907. The molecule has 0 bridgehead atoms. The van der Waals surface area contributed by atoms with E-state index in [0.29, 0.717) is 12.0 Å². The molecule has 1 aromatic heterocycles. The molecule has 2 aromatic rings. The van der Waals surface area contributed by atoms with Crippen LogP contribution in [0.5, 0.6) is 0 Å². The molecule has 1 N–H and O–H groups in total. The van der Waals surface area contributed by atoms with E-state index in [4.69, 9.17) is 0 Å². The highest BCUT2D eigenvalue weighted by Crippen LogP contribution is 2.36. The molecule has 1 aliphatic heterocycles. The molecule has 3 rings (SSSR count). The van der Waals surface area contributed by atoms with Gasteiger partial charge in [0.2, 0.25) is 0 Å². The van der Waals surface area contributed by atoms with Crippen molar-refractivity contribution in [2.75, 3.05) is 5.32 Å². The zero-order valence-electron chi connectivity index (χ0n) is 11.6. The third-order valence-corrected chi connectivity index (χ3v) is 3.90. The van der Waals surface area contributed by atoms with Gasteiger partial charge in [0.25, 0.3) is 0 Å². The summed E-state index contributed by atoms with van der Waals surface area (Å²) in [6, 6.07) is 8.98. The minimum absolute atomic E-state index is 0.375. The lowest BCUT2D eigenvalue weighted by atomic mass is 9.86. The molecule has 0 amide bonds. The maximum Gasteiger partial charge on any atom is 0.0573 e. The van der Waals surface area contributed by atoms with Crippen LogP contribution < -0.4 is 5.32 Å². The average molecular weight is 255 g/mol. The topological polar surface area (TPSA) is 29.9 Å². The number of benzene rings is 1. The minimum atomic E-state index is 0.375. The number of hydrogen-bond donors (Lipinski definition) is 1. The normalized spacial score (nSPS) is 21.8. The molecule has 1 aromatic carbocycles. The summed E-state index contributed by atoms with van der Waals surface area (Å²) >= 11 is 0. The summed E-state index contributed by atoms with van der Waals surface area (Å²) in [5.74, 6) is 0.592. The Morgan fingerprint density at radius 1 is 1.37 bits per heavy atom. The molecule has 0 spiro atoms. The van der Waals surface area contributed by atoms with Crippen LogP contribution in [0.15, 0.2) is 36.7 Å². The molecule has 2 unspecified atom stereocenters. The first kappa shape index (κ1) is 12.3. The standard InChI is InChI=1S/C16H21N3/c1-3-8-19-11-14(10-17-19)16-12(2)9-13-6-4-5-7-15(13)18-16/h4-7,10-12,16,18H,3,8-9H2,1-2H3. The van der Waals surface area contributed by atoms with Gasteiger partial charge in [0.05, 0.1) is 12.2 Å². The molecule has 3 heteroatoms. The highest BCUT2D eigenvalue weighted by molar-refractivity contribution is 5.55. The number of rotatable bonds is 3. The number of nitrogens with zero attached hydrogens (tertiary/aromatic N) is 2. The molecular weight excluding hydrogens is 234 g/mol. The fraction of sp³-hybridized carbons (Fsp3) is 0.438. The van der Waals surface area contributed by atoms with Crippen molar-refractivity contribution in [2.45, 2.75) is 39.3 Å². The molecule has 0 saturated carbocycles. The summed E-state index contributed by atoms with van der Waals surface area (Å²) in [6.45, 7) is 5.49. The molecule has 3 nitrogen and oxygen atoms in total. The van der Waals surface area contributed by atoms with Crippen molar-refractivity contribution >= 4 is 5.69 Å². The monoisotopic (exact) mass is 255 g/mol. The Labute approximate surface area is 114 Å². The number of aromatic nitrogens is 2. The lowest BCUT2D eigenvalue weighted by Crippen LogP contribution is -2.25. The number of nitrogens with one attached hydrogen (secondary N) is 1. The van der Waals surface area contributed by atoms with Gasteiger partial charge in [0.15, 0.2) is 0 Å². The second-order valence-corrected chi connectivity index (χ2v) is 5.50. The van der Waals surface area contributed by atoms with Gasteiger partial charge in [-0.25, -0.2) is 0 Å². The molecule has 0 saturated heterocycles. The van der Waals surface area contributed by atoms with E-state index in [0.717, 1.165) is 19.4 Å². The van der Waals surface area contributed by atoms with Gasteiger partial charge in [-0.15, -0.1) is 0 Å². The van der Waals surface area contributed by atoms with E-state index >= 15 is 0 Å². The van der Waals surface area contributed by atoms with Gasteiger partial charge < -0.3 is 5.32 Å². The van der Waals surface area contributed by atoms with Crippen molar-refractivity contribution in [3.05, 3.63) is 47.8 Å². The van der Waals surface area contributed by atoms with Crippen LogP contribution in [-0.2, 0) is 13.0 Å². The zero-order chi connectivity index (χ0) is 13.2. The molecule has 0 fully saturated rings. The molecule has 2 heterocycles. The van der Waals surface area contributed by atoms with Crippen LogP contribution in [0.3, 0.4) is 0 Å². The highest BCUT2D eigenvalue weighted by Gasteiger charge is 2.26. The first-order valence-corrected chi connectivity index (χ1v) is 7.14. The fourth-order valence-corrected chi connectivity index (χ4v) is 2.92. The lowest BCUT2D eigenvalue weighted by molar-refractivity contribution is 0.478. The third kappa shape index (κ3) is 2.37. The van der Waals surface area contributed by atoms with Crippen molar-refractivity contribution in [2.24, 2.45) is 5.92 Å². The summed E-state index contributed by atoms with van der Waals surface area (Å²) in [7, 11) is 0. The van der Waals surface area contributed by atoms with Gasteiger partial charge in [-0.2, -0.15) is 5.10 Å². The molecule has 2 atom stereocenters. The summed E-state index contributed by atoms with van der Waals surface area (Å²) in [6.07, 6.45) is 6.45. The largest absolute Gasteiger partial charge is 0.378 e. The Morgan fingerprint density at radius 3 is 3.05 bits per heavy atom. The molecule has 19 heavy (non-hydrogen) atoms. The maximum absolute atomic E-state index is 4.45. The van der Waals surface area contributed by atoms with E-state index in [-0.39, 0.29) is 0 Å². The average Bonchev–Trinajstić information content (AvgIpc) is 2.87. The van der Waals surface area contributed by atoms with Gasteiger partial charge in [0.1, 0.15) is 0 Å². The number of anilines is 1. The highest BCUT2D eigenvalue weighted by atomic mass is 15.3. The van der Waals surface area contributed by atoms with Crippen molar-refractivity contribution in [1.82, 2.24) is 9.78 Å². The molecule has 100 valence electrons. The van der Waals surface area contributed by atoms with Crippen LogP contribution in [0.1, 0.15) is 37.4 Å². The summed E-state index contributed by atoms with van der Waals surface area (Å²) in [5.41, 5.74) is 4.00. The Morgan fingerprint density at radius 2 is 2.21 bits per heavy atom. The minimum Gasteiger partial charge on any atom is -0.378 e. The predicted octanol–water partition coefficient (Wildman–Crippen LogP) is 3.64. The van der Waals surface area contributed by atoms with Crippen LogP contribution >= 0.6 is 0 Å². The first-order chi connectivity index (χ1) is 9.28. The van der Waals surface area contributed by atoms with Crippen LogP contribution in [0.4, 0.5) is 5.69 Å². The third-order valence-electron chi connectivity index (χ3n) is 3.90. The molecule has 1 aliphatic rings.